The Morgan fingerprint density at radius 1 is 1.19 bits per heavy atom. The topological polar surface area (TPSA) is 86.9 Å². The summed E-state index contributed by atoms with van der Waals surface area (Å²) in [6, 6.07) is 14.1. The van der Waals surface area contributed by atoms with E-state index in [0.717, 1.165) is 5.56 Å². The summed E-state index contributed by atoms with van der Waals surface area (Å²) in [6.07, 6.45) is 4.36. The first-order valence-corrected chi connectivity index (χ1v) is 11.7. The smallest absolute Gasteiger partial charge is 0.267 e. The number of aryl methyl sites for hydroxylation is 2. The van der Waals surface area contributed by atoms with E-state index in [-0.39, 0.29) is 24.5 Å². The maximum atomic E-state index is 13.1. The summed E-state index contributed by atoms with van der Waals surface area (Å²) in [5.74, 6) is 0.765. The largest absolute Gasteiger partial charge is 0.337 e. The van der Waals surface area contributed by atoms with Gasteiger partial charge in [0.2, 0.25) is 11.7 Å². The second-order valence-corrected chi connectivity index (χ2v) is 8.95. The van der Waals surface area contributed by atoms with Crippen molar-refractivity contribution in [2.24, 2.45) is 5.10 Å². The Morgan fingerprint density at radius 3 is 2.75 bits per heavy atom. The molecule has 2 aromatic carbocycles. The molecular formula is C23H24N6O2S. The van der Waals surface area contributed by atoms with Crippen LogP contribution in [0.25, 0.3) is 11.4 Å². The minimum Gasteiger partial charge on any atom is -0.337 e. The molecule has 1 saturated heterocycles. The quantitative estimate of drug-likeness (QED) is 0.596. The molecule has 5 rings (SSSR count). The number of benzene rings is 2. The molecule has 2 atom stereocenters. The molecule has 1 fully saturated rings. The molecule has 164 valence electrons. The minimum atomic E-state index is -0.320. The van der Waals surface area contributed by atoms with Crippen molar-refractivity contribution in [1.82, 2.24) is 25.6 Å². The molecule has 32 heavy (non-hydrogen) atoms. The maximum absolute atomic E-state index is 13.1. The molecule has 9 heteroatoms. The van der Waals surface area contributed by atoms with Gasteiger partial charge in [0, 0.05) is 10.5 Å². The zero-order chi connectivity index (χ0) is 22.2. The van der Waals surface area contributed by atoms with Gasteiger partial charge in [-0.05, 0) is 61.9 Å². The van der Waals surface area contributed by atoms with Gasteiger partial charge in [0.05, 0.1) is 6.04 Å². The summed E-state index contributed by atoms with van der Waals surface area (Å²) < 4.78 is 5.39. The highest BCUT2D eigenvalue weighted by Gasteiger charge is 2.41. The molecule has 1 N–H and O–H groups in total. The van der Waals surface area contributed by atoms with Gasteiger partial charge in [-0.2, -0.15) is 10.1 Å². The Kier molecular flexibility index (Phi) is 5.44. The molecule has 2 aliphatic rings. The van der Waals surface area contributed by atoms with E-state index in [0.29, 0.717) is 18.1 Å². The molecule has 3 aromatic rings. The Labute approximate surface area is 190 Å². The fourth-order valence-electron chi connectivity index (χ4n) is 4.18. The average Bonchev–Trinajstić information content (AvgIpc) is 3.43. The van der Waals surface area contributed by atoms with Crippen LogP contribution in [0.15, 0.2) is 57.0 Å². The number of thioether (sulfide) groups is 1. The van der Waals surface area contributed by atoms with E-state index < -0.39 is 0 Å². The molecule has 0 saturated carbocycles. The fourth-order valence-corrected chi connectivity index (χ4v) is 4.58. The molecule has 0 spiro atoms. The predicted molar refractivity (Wildman–Crippen MR) is 123 cm³/mol. The Morgan fingerprint density at radius 2 is 2.00 bits per heavy atom. The van der Waals surface area contributed by atoms with Gasteiger partial charge in [-0.1, -0.05) is 28.9 Å². The molecule has 0 radical (unpaired) electrons. The van der Waals surface area contributed by atoms with Crippen LogP contribution in [-0.4, -0.2) is 44.7 Å². The van der Waals surface area contributed by atoms with Crippen molar-refractivity contribution < 1.29 is 9.32 Å². The number of hydrogen-bond acceptors (Lipinski definition) is 8. The van der Waals surface area contributed by atoms with E-state index in [9.17, 15) is 4.79 Å². The monoisotopic (exact) mass is 448 g/mol. The van der Waals surface area contributed by atoms with Crippen LogP contribution in [0, 0.1) is 13.8 Å². The summed E-state index contributed by atoms with van der Waals surface area (Å²) in [4.78, 5) is 18.7. The molecule has 2 aliphatic heterocycles. The van der Waals surface area contributed by atoms with Gasteiger partial charge in [-0.3, -0.25) is 9.80 Å². The van der Waals surface area contributed by atoms with E-state index >= 15 is 0 Å². The Balaban J connectivity index is 1.28. The number of aromatic nitrogens is 2. The number of nitrogens with one attached hydrogen (secondary N) is 1. The van der Waals surface area contributed by atoms with Crippen molar-refractivity contribution in [2.45, 2.75) is 43.8 Å². The molecule has 2 unspecified atom stereocenters. The van der Waals surface area contributed by atoms with Crippen molar-refractivity contribution in [1.29, 1.82) is 0 Å². The Bertz CT molecular complexity index is 1180. The molecule has 8 nitrogen and oxygen atoms in total. The van der Waals surface area contributed by atoms with E-state index in [1.165, 1.54) is 26.6 Å². The summed E-state index contributed by atoms with van der Waals surface area (Å²) in [7, 11) is 0. The van der Waals surface area contributed by atoms with Gasteiger partial charge in [-0.25, -0.2) is 10.4 Å². The average molecular weight is 449 g/mol. The van der Waals surface area contributed by atoms with Crippen LogP contribution in [0.4, 0.5) is 0 Å². The van der Waals surface area contributed by atoms with Gasteiger partial charge in [0.15, 0.2) is 0 Å². The first-order chi connectivity index (χ1) is 15.5. The van der Waals surface area contributed by atoms with Crippen LogP contribution < -0.4 is 5.43 Å². The van der Waals surface area contributed by atoms with Crippen molar-refractivity contribution in [3.63, 3.8) is 0 Å². The number of hydrogen-bond donors (Lipinski definition) is 1. The SMILES string of the molecule is CSc1ccc(-c2noc(CN3N=CN4NC(c5ccc(C)cc5C)CC4C3=O)n2)cc1. The highest BCUT2D eigenvalue weighted by Crippen LogP contribution is 2.32. The highest BCUT2D eigenvalue weighted by atomic mass is 32.2. The lowest BCUT2D eigenvalue weighted by Gasteiger charge is -2.29. The number of hydrazine groups is 1. The zero-order valence-electron chi connectivity index (χ0n) is 18.1. The highest BCUT2D eigenvalue weighted by molar-refractivity contribution is 7.98. The summed E-state index contributed by atoms with van der Waals surface area (Å²) in [5, 5.41) is 11.6. The van der Waals surface area contributed by atoms with Crippen LogP contribution >= 0.6 is 11.8 Å². The number of carbonyl (C=O) groups excluding carboxylic acids is 1. The van der Waals surface area contributed by atoms with E-state index in [1.54, 1.807) is 23.1 Å². The van der Waals surface area contributed by atoms with E-state index in [4.69, 9.17) is 4.52 Å². The van der Waals surface area contributed by atoms with Gasteiger partial charge in [0.1, 0.15) is 18.9 Å². The summed E-state index contributed by atoms with van der Waals surface area (Å²) in [6.45, 7) is 4.33. The molecule has 1 aromatic heterocycles. The van der Waals surface area contributed by atoms with Crippen LogP contribution in [0.2, 0.25) is 0 Å². The second kappa shape index (κ2) is 8.40. The van der Waals surface area contributed by atoms with Gasteiger partial charge in [0.25, 0.3) is 5.91 Å². The molecule has 0 aliphatic carbocycles. The van der Waals surface area contributed by atoms with Gasteiger partial charge >= 0.3 is 0 Å². The van der Waals surface area contributed by atoms with Crippen LogP contribution in [0.3, 0.4) is 0 Å². The summed E-state index contributed by atoms with van der Waals surface area (Å²) in [5.41, 5.74) is 7.91. The first kappa shape index (κ1) is 20.7. The lowest BCUT2D eigenvalue weighted by molar-refractivity contribution is -0.137. The summed E-state index contributed by atoms with van der Waals surface area (Å²) >= 11 is 1.68. The molecule has 0 bridgehead atoms. The minimum absolute atomic E-state index is 0.0650. The number of carbonyl (C=O) groups is 1. The number of amides is 1. The number of rotatable bonds is 5. The van der Waals surface area contributed by atoms with Crippen LogP contribution in [-0.2, 0) is 11.3 Å². The van der Waals surface area contributed by atoms with Gasteiger partial charge in [-0.15, -0.1) is 11.8 Å². The molecule has 1 amide bonds. The number of nitrogens with zero attached hydrogens (tertiary/aromatic N) is 5. The first-order valence-electron chi connectivity index (χ1n) is 10.5. The number of fused-ring (bicyclic) bond motifs is 1. The fraction of sp³-hybridized carbons (Fsp3) is 0.304. The maximum Gasteiger partial charge on any atom is 0.267 e. The standard InChI is InChI=1S/C23H24N6O2S/c1-14-4-9-18(15(2)10-14)19-11-20-23(30)28(24-13-29(20)26-19)12-21-25-22(27-31-21)16-5-7-17(32-3)8-6-16/h4-10,13,19-20,26H,11-12H2,1-3H3. The lowest BCUT2D eigenvalue weighted by Crippen LogP contribution is -2.50. The third-order valence-corrected chi connectivity index (χ3v) is 6.60. The normalized spacial score (nSPS) is 20.2. The molecular weight excluding hydrogens is 424 g/mol. The van der Waals surface area contributed by atoms with E-state index in [1.807, 2.05) is 30.5 Å². The molecule has 3 heterocycles. The van der Waals surface area contributed by atoms with Crippen molar-refractivity contribution in [3.8, 4) is 11.4 Å². The van der Waals surface area contributed by atoms with Crippen LogP contribution in [0.5, 0.6) is 0 Å². The van der Waals surface area contributed by atoms with Crippen molar-refractivity contribution >= 4 is 24.0 Å². The van der Waals surface area contributed by atoms with Crippen molar-refractivity contribution in [3.05, 3.63) is 65.0 Å². The lowest BCUT2D eigenvalue weighted by atomic mass is 9.96. The number of hydrazone groups is 1. The second-order valence-electron chi connectivity index (χ2n) is 8.07. The van der Waals surface area contributed by atoms with E-state index in [2.05, 4.69) is 52.7 Å². The third kappa shape index (κ3) is 3.89. The van der Waals surface area contributed by atoms with Crippen molar-refractivity contribution in [2.75, 3.05) is 6.26 Å². The zero-order valence-corrected chi connectivity index (χ0v) is 19.0. The predicted octanol–water partition coefficient (Wildman–Crippen LogP) is 3.68. The Hall–Kier alpha value is -3.17. The van der Waals surface area contributed by atoms with Crippen LogP contribution in [0.1, 0.15) is 35.0 Å². The van der Waals surface area contributed by atoms with Gasteiger partial charge < -0.3 is 4.52 Å². The third-order valence-electron chi connectivity index (χ3n) is 5.86.